The summed E-state index contributed by atoms with van der Waals surface area (Å²) in [6.45, 7) is 12.6. The molecular weight excluding hydrogens is 258 g/mol. The van der Waals surface area contributed by atoms with Crippen LogP contribution >= 0.6 is 0 Å². The van der Waals surface area contributed by atoms with E-state index in [0.717, 1.165) is 30.3 Å². The van der Waals surface area contributed by atoms with Crippen molar-refractivity contribution in [3.8, 4) is 11.5 Å². The van der Waals surface area contributed by atoms with Gasteiger partial charge in [-0.15, -0.1) is 0 Å². The highest BCUT2D eigenvalue weighted by atomic mass is 16.4. The van der Waals surface area contributed by atoms with Crippen LogP contribution in [0.1, 0.15) is 45.0 Å². The van der Waals surface area contributed by atoms with Crippen molar-refractivity contribution in [3.05, 3.63) is 23.8 Å². The molecule has 20 heavy (non-hydrogen) atoms. The number of carboxylic acids is 1. The van der Waals surface area contributed by atoms with Crippen LogP contribution in [0.25, 0.3) is 0 Å². The summed E-state index contributed by atoms with van der Waals surface area (Å²) in [6, 6.07) is 4.63. The zero-order chi connectivity index (χ0) is 15.9. The number of phenols is 1. The van der Waals surface area contributed by atoms with Gasteiger partial charge >= 0.3 is 5.97 Å². The predicted molar refractivity (Wildman–Crippen MR) is 76.3 cm³/mol. The molecule has 0 aliphatic heterocycles. The number of benzene rings is 1. The van der Waals surface area contributed by atoms with E-state index in [1.165, 1.54) is 6.54 Å². The number of phenolic OH excluding ortho intramolecular Hbond substituents is 1. The van der Waals surface area contributed by atoms with Crippen molar-refractivity contribution in [2.24, 2.45) is 0 Å². The molecule has 1 aromatic carbocycles. The normalized spacial score (nSPS) is 10.6. The van der Waals surface area contributed by atoms with Crippen LogP contribution in [0.3, 0.4) is 0 Å². The Labute approximate surface area is 120 Å². The first-order valence-electron chi connectivity index (χ1n) is 6.79. The third-order valence-corrected chi connectivity index (χ3v) is 3.08. The van der Waals surface area contributed by atoms with Gasteiger partial charge in [-0.3, -0.25) is 0 Å². The molecule has 5 nitrogen and oxygen atoms in total. The molecule has 0 saturated carbocycles. The maximum absolute atomic E-state index is 10.7. The second-order valence-electron chi connectivity index (χ2n) is 5.22. The number of aromatic carboxylic acids is 1. The average Bonchev–Trinajstić information content (AvgIpc) is 2.32. The van der Waals surface area contributed by atoms with Gasteiger partial charge in [0.15, 0.2) is 0 Å². The lowest BCUT2D eigenvalue weighted by atomic mass is 10.2. The minimum absolute atomic E-state index is 0.220. The van der Waals surface area contributed by atoms with Crippen molar-refractivity contribution in [2.75, 3.05) is 6.54 Å². The average molecular weight is 283 g/mol. The van der Waals surface area contributed by atoms with Crippen molar-refractivity contribution < 1.29 is 25.0 Å². The summed E-state index contributed by atoms with van der Waals surface area (Å²) in [5.41, 5.74) is -0.412. The van der Waals surface area contributed by atoms with E-state index in [9.17, 15) is 9.90 Å². The fourth-order valence-corrected chi connectivity index (χ4v) is 2.17. The van der Waals surface area contributed by atoms with Gasteiger partial charge in [0, 0.05) is 0 Å². The Morgan fingerprint density at radius 3 is 2.00 bits per heavy atom. The van der Waals surface area contributed by atoms with Crippen LogP contribution < -0.4 is 10.0 Å². The fourth-order valence-electron chi connectivity index (χ4n) is 2.17. The molecule has 0 saturated heterocycles. The number of carboxylic acid groups (broad SMARTS) is 1. The van der Waals surface area contributed by atoms with Crippen LogP contribution in [0.5, 0.6) is 11.5 Å². The first-order valence-corrected chi connectivity index (χ1v) is 6.79. The van der Waals surface area contributed by atoms with Gasteiger partial charge in [-0.2, -0.15) is 0 Å². The Morgan fingerprint density at radius 1 is 1.25 bits per heavy atom. The van der Waals surface area contributed by atoms with Gasteiger partial charge in [0.25, 0.3) is 0 Å². The Hall–Kier alpha value is -1.75. The zero-order valence-corrected chi connectivity index (χ0v) is 12.8. The standard InChI is InChI=1S/C8H19N.C7H6O4/c1-6-9(7(2)3)8(4)5;8-4-1-2-6(9)5(3-4)7(10)11/h7-8H,6H2,1-5H3;1-3,8-9H,(H,10,11). The molecule has 1 rings (SSSR count). The first kappa shape index (κ1) is 18.2. The highest BCUT2D eigenvalue weighted by molar-refractivity contribution is 5.90. The number of rotatable bonds is 4. The fraction of sp³-hybridized carbons (Fsp3) is 0.533. The maximum Gasteiger partial charge on any atom is 0.335 e. The van der Waals surface area contributed by atoms with Crippen LogP contribution in [0.15, 0.2) is 18.2 Å². The van der Waals surface area contributed by atoms with E-state index in [1.54, 1.807) is 4.90 Å². The summed E-state index contributed by atoms with van der Waals surface area (Å²) < 4.78 is 0. The van der Waals surface area contributed by atoms with E-state index in [0.29, 0.717) is 0 Å². The van der Waals surface area contributed by atoms with Crippen LogP contribution in [0.2, 0.25) is 0 Å². The van der Waals surface area contributed by atoms with E-state index < -0.39 is 17.3 Å². The molecule has 0 aromatic heterocycles. The molecule has 0 fully saturated rings. The number of aromatic hydroxyl groups is 1. The smallest absolute Gasteiger partial charge is 0.335 e. The quantitative estimate of drug-likeness (QED) is 0.765. The van der Waals surface area contributed by atoms with E-state index in [2.05, 4.69) is 34.6 Å². The van der Waals surface area contributed by atoms with Gasteiger partial charge in [0.2, 0.25) is 0 Å². The molecule has 0 unspecified atom stereocenters. The maximum atomic E-state index is 10.7. The molecule has 1 aromatic rings. The van der Waals surface area contributed by atoms with Crippen molar-refractivity contribution in [1.82, 2.24) is 0 Å². The van der Waals surface area contributed by atoms with E-state index >= 15 is 0 Å². The first-order chi connectivity index (χ1) is 9.20. The molecule has 0 spiro atoms. The molecule has 0 amide bonds. The summed E-state index contributed by atoms with van der Waals surface area (Å²) >= 11 is 0. The Bertz CT molecular complexity index is 422. The summed E-state index contributed by atoms with van der Waals surface area (Å²) in [5.74, 6) is -2.15. The van der Waals surface area contributed by atoms with E-state index in [4.69, 9.17) is 10.2 Å². The van der Waals surface area contributed by atoms with Gasteiger partial charge in [0.1, 0.15) is 5.75 Å². The Kier molecular flexibility index (Phi) is 7.69. The van der Waals surface area contributed by atoms with Gasteiger partial charge in [-0.1, -0.05) is 11.8 Å². The van der Waals surface area contributed by atoms with E-state index in [1.807, 2.05) is 0 Å². The third-order valence-electron chi connectivity index (χ3n) is 3.08. The van der Waals surface area contributed by atoms with Crippen LogP contribution in [-0.4, -0.2) is 34.8 Å². The lowest BCUT2D eigenvalue weighted by Gasteiger charge is -2.25. The monoisotopic (exact) mass is 283 g/mol. The van der Waals surface area contributed by atoms with Gasteiger partial charge in [0.05, 0.1) is 24.2 Å². The van der Waals surface area contributed by atoms with Crippen LogP contribution in [0, 0.1) is 0 Å². The minimum Gasteiger partial charge on any atom is -0.872 e. The molecule has 3 N–H and O–H groups in total. The summed E-state index contributed by atoms with van der Waals surface area (Å²) in [6.07, 6.45) is 0. The lowest BCUT2D eigenvalue weighted by molar-refractivity contribution is -0.940. The minimum atomic E-state index is -1.33. The highest BCUT2D eigenvalue weighted by Crippen LogP contribution is 2.19. The zero-order valence-electron chi connectivity index (χ0n) is 12.8. The molecule has 0 atom stereocenters. The second kappa shape index (κ2) is 8.43. The number of hydrogen-bond acceptors (Lipinski definition) is 3. The number of carbonyl (C=O) groups is 1. The Balaban J connectivity index is 0.000000370. The van der Waals surface area contributed by atoms with E-state index in [-0.39, 0.29) is 5.75 Å². The topological polar surface area (TPSA) is 85.0 Å². The second-order valence-corrected chi connectivity index (χ2v) is 5.22. The van der Waals surface area contributed by atoms with Crippen LogP contribution in [-0.2, 0) is 0 Å². The molecule has 0 heterocycles. The number of quaternary nitrogens is 1. The van der Waals surface area contributed by atoms with Crippen LogP contribution in [0.4, 0.5) is 0 Å². The summed E-state index contributed by atoms with van der Waals surface area (Å²) in [4.78, 5) is 12.0. The van der Waals surface area contributed by atoms with Crippen molar-refractivity contribution >= 4 is 5.97 Å². The molecular formula is C15H25NO4. The molecule has 114 valence electrons. The molecule has 0 aliphatic carbocycles. The number of nitrogens with one attached hydrogen (secondary N) is 1. The lowest BCUT2D eigenvalue weighted by Crippen LogP contribution is -3.17. The van der Waals surface area contributed by atoms with Gasteiger partial charge < -0.3 is 20.2 Å². The van der Waals surface area contributed by atoms with Crippen molar-refractivity contribution in [2.45, 2.75) is 46.7 Å². The SMILES string of the molecule is CC[NH+](C(C)C)C(C)C.O=C(O)c1cc(O)ccc1[O-]. The highest BCUT2D eigenvalue weighted by Gasteiger charge is 2.13. The predicted octanol–water partition coefficient (Wildman–Crippen LogP) is 0.872. The summed E-state index contributed by atoms with van der Waals surface area (Å²) in [5, 5.41) is 27.9. The molecule has 0 bridgehead atoms. The Morgan fingerprint density at radius 2 is 1.75 bits per heavy atom. The molecule has 5 heteroatoms. The number of hydrogen-bond donors (Lipinski definition) is 3. The van der Waals surface area contributed by atoms with Gasteiger partial charge in [-0.25, -0.2) is 4.79 Å². The summed E-state index contributed by atoms with van der Waals surface area (Å²) in [7, 11) is 0. The third kappa shape index (κ3) is 5.93. The molecule has 0 radical (unpaired) electrons. The molecule has 0 aliphatic rings. The largest absolute Gasteiger partial charge is 0.872 e. The van der Waals surface area contributed by atoms with Gasteiger partial charge in [-0.05, 0) is 46.8 Å². The van der Waals surface area contributed by atoms with Crippen molar-refractivity contribution in [1.29, 1.82) is 0 Å². The van der Waals surface area contributed by atoms with Crippen molar-refractivity contribution in [3.63, 3.8) is 0 Å².